The van der Waals surface area contributed by atoms with Gasteiger partial charge in [0.25, 0.3) is 0 Å². The van der Waals surface area contributed by atoms with Crippen molar-refractivity contribution in [1.82, 2.24) is 25.4 Å². The normalized spacial score (nSPS) is 19.5. The monoisotopic (exact) mass is 363 g/mol. The highest BCUT2D eigenvalue weighted by Gasteiger charge is 2.32. The second kappa shape index (κ2) is 7.25. The van der Waals surface area contributed by atoms with Gasteiger partial charge in [0.2, 0.25) is 11.1 Å². The summed E-state index contributed by atoms with van der Waals surface area (Å²) < 4.78 is 0. The van der Waals surface area contributed by atoms with Gasteiger partial charge in [0.05, 0.1) is 10.6 Å². The summed E-state index contributed by atoms with van der Waals surface area (Å²) in [4.78, 5) is 20.2. The summed E-state index contributed by atoms with van der Waals surface area (Å²) in [5, 5.41) is 12.9. The number of rotatable bonds is 6. The largest absolute Gasteiger partial charge is 0.353 e. The van der Waals surface area contributed by atoms with Gasteiger partial charge in [-0.3, -0.25) is 9.89 Å². The van der Waals surface area contributed by atoms with Crippen LogP contribution in [0.4, 0.5) is 0 Å². The zero-order valence-electron chi connectivity index (χ0n) is 13.4. The summed E-state index contributed by atoms with van der Waals surface area (Å²) >= 11 is 3.00. The fourth-order valence-corrected chi connectivity index (χ4v) is 4.36. The Bertz CT molecular complexity index is 674. The molecule has 0 atom stereocenters. The van der Waals surface area contributed by atoms with Crippen LogP contribution in [-0.4, -0.2) is 56.9 Å². The average molecular weight is 364 g/mol. The highest BCUT2D eigenvalue weighted by atomic mass is 32.2. The molecule has 1 amide bonds. The van der Waals surface area contributed by atoms with Crippen molar-refractivity contribution in [1.29, 1.82) is 0 Å². The first-order chi connectivity index (χ1) is 11.8. The molecule has 6 nitrogen and oxygen atoms in total. The molecule has 2 aromatic rings. The molecular weight excluding hydrogens is 342 g/mol. The number of aromatic amines is 1. The lowest BCUT2D eigenvalue weighted by molar-refractivity contribution is -0.119. The standard InChI is InChI=1S/C16H21N5OS2/c22-14(17-11-5-7-21(8-6-11)12-3-4-12)10-24-16-18-15(19-20-16)13-2-1-9-23-13/h1-2,9,11-12H,3-8,10H2,(H,17,22)(H,18,19,20). The lowest BCUT2D eigenvalue weighted by Crippen LogP contribution is -2.45. The van der Waals surface area contributed by atoms with Crippen molar-refractivity contribution in [2.45, 2.75) is 42.9 Å². The topological polar surface area (TPSA) is 73.9 Å². The van der Waals surface area contributed by atoms with Gasteiger partial charge < -0.3 is 10.2 Å². The van der Waals surface area contributed by atoms with E-state index in [1.807, 2.05) is 17.5 Å². The highest BCUT2D eigenvalue weighted by Crippen LogP contribution is 2.29. The van der Waals surface area contributed by atoms with Crippen LogP contribution >= 0.6 is 23.1 Å². The number of carbonyl (C=O) groups excluding carboxylic acids is 1. The van der Waals surface area contributed by atoms with Crippen LogP contribution in [0.5, 0.6) is 0 Å². The van der Waals surface area contributed by atoms with Crippen molar-refractivity contribution in [2.24, 2.45) is 0 Å². The Morgan fingerprint density at radius 2 is 2.21 bits per heavy atom. The van der Waals surface area contributed by atoms with Crippen molar-refractivity contribution >= 4 is 29.0 Å². The Kier molecular flexibility index (Phi) is 4.86. The van der Waals surface area contributed by atoms with Crippen LogP contribution in [-0.2, 0) is 4.79 Å². The van der Waals surface area contributed by atoms with Crippen molar-refractivity contribution in [3.8, 4) is 10.7 Å². The van der Waals surface area contributed by atoms with Gasteiger partial charge in [-0.25, -0.2) is 4.98 Å². The van der Waals surface area contributed by atoms with Crippen molar-refractivity contribution < 1.29 is 4.79 Å². The molecule has 0 bridgehead atoms. The maximum absolute atomic E-state index is 12.1. The van der Waals surface area contributed by atoms with Gasteiger partial charge in [-0.05, 0) is 37.1 Å². The minimum Gasteiger partial charge on any atom is -0.353 e. The fourth-order valence-electron chi connectivity index (χ4n) is 3.08. The molecule has 3 heterocycles. The van der Waals surface area contributed by atoms with Gasteiger partial charge >= 0.3 is 0 Å². The summed E-state index contributed by atoms with van der Waals surface area (Å²) in [6, 6.07) is 5.14. The third-order valence-electron chi connectivity index (χ3n) is 4.51. The number of H-pyrrole nitrogens is 1. The van der Waals surface area contributed by atoms with Crippen LogP contribution in [0, 0.1) is 0 Å². The third kappa shape index (κ3) is 3.99. The van der Waals surface area contributed by atoms with Gasteiger partial charge in [-0.1, -0.05) is 17.8 Å². The number of piperidine rings is 1. The number of hydrogen-bond donors (Lipinski definition) is 2. The van der Waals surface area contributed by atoms with E-state index < -0.39 is 0 Å². The average Bonchev–Trinajstić information content (AvgIpc) is 3.11. The second-order valence-corrected chi connectivity index (χ2v) is 8.23. The third-order valence-corrected chi connectivity index (χ3v) is 6.23. The molecule has 0 aromatic carbocycles. The zero-order chi connectivity index (χ0) is 16.4. The van der Waals surface area contributed by atoms with E-state index in [0.717, 1.165) is 42.7 Å². The van der Waals surface area contributed by atoms with Crippen molar-refractivity contribution in [3.05, 3.63) is 17.5 Å². The number of likely N-dealkylation sites (tertiary alicyclic amines) is 1. The Balaban J connectivity index is 1.21. The number of carbonyl (C=O) groups is 1. The predicted octanol–water partition coefficient (Wildman–Crippen LogP) is 2.37. The van der Waals surface area contributed by atoms with Gasteiger partial charge in [0.1, 0.15) is 0 Å². The summed E-state index contributed by atoms with van der Waals surface area (Å²) in [5.41, 5.74) is 0. The molecule has 2 aromatic heterocycles. The van der Waals surface area contributed by atoms with E-state index in [4.69, 9.17) is 0 Å². The lowest BCUT2D eigenvalue weighted by atomic mass is 10.1. The Morgan fingerprint density at radius 1 is 1.38 bits per heavy atom. The Morgan fingerprint density at radius 3 is 2.92 bits per heavy atom. The van der Waals surface area contributed by atoms with Crippen molar-refractivity contribution in [2.75, 3.05) is 18.8 Å². The molecule has 2 aliphatic rings. The number of amides is 1. The molecule has 24 heavy (non-hydrogen) atoms. The lowest BCUT2D eigenvalue weighted by Gasteiger charge is -2.32. The minimum absolute atomic E-state index is 0.0762. The second-order valence-electron chi connectivity index (χ2n) is 6.34. The number of nitrogens with zero attached hydrogens (tertiary/aromatic N) is 3. The maximum atomic E-state index is 12.1. The molecule has 1 saturated carbocycles. The first-order valence-corrected chi connectivity index (χ1v) is 10.3. The molecule has 0 radical (unpaired) electrons. The summed E-state index contributed by atoms with van der Waals surface area (Å²) in [6.45, 7) is 2.24. The van der Waals surface area contributed by atoms with Crippen LogP contribution in [0.2, 0.25) is 0 Å². The number of hydrogen-bond acceptors (Lipinski definition) is 6. The number of aromatic nitrogens is 3. The number of thioether (sulfide) groups is 1. The number of nitrogens with one attached hydrogen (secondary N) is 2. The van der Waals surface area contributed by atoms with Gasteiger partial charge in [0, 0.05) is 25.2 Å². The first kappa shape index (κ1) is 16.1. The van der Waals surface area contributed by atoms with E-state index in [-0.39, 0.29) is 5.91 Å². The SMILES string of the molecule is O=C(CSc1n[nH]c(-c2cccs2)n1)NC1CCN(C2CC2)CC1. The molecule has 0 spiro atoms. The molecule has 4 rings (SSSR count). The molecular formula is C16H21N5OS2. The molecule has 128 valence electrons. The van der Waals surface area contributed by atoms with E-state index in [1.165, 1.54) is 24.6 Å². The van der Waals surface area contributed by atoms with Gasteiger partial charge in [-0.2, -0.15) is 0 Å². The van der Waals surface area contributed by atoms with E-state index in [1.54, 1.807) is 11.3 Å². The first-order valence-electron chi connectivity index (χ1n) is 8.40. The maximum Gasteiger partial charge on any atom is 0.230 e. The summed E-state index contributed by atoms with van der Waals surface area (Å²) in [5.74, 6) is 1.21. The quantitative estimate of drug-likeness (QED) is 0.771. The smallest absolute Gasteiger partial charge is 0.230 e. The van der Waals surface area contributed by atoms with Crippen molar-refractivity contribution in [3.63, 3.8) is 0 Å². The van der Waals surface area contributed by atoms with Gasteiger partial charge in [0.15, 0.2) is 5.82 Å². The molecule has 1 aliphatic carbocycles. The predicted molar refractivity (Wildman–Crippen MR) is 96.2 cm³/mol. The summed E-state index contributed by atoms with van der Waals surface area (Å²) in [6.07, 6.45) is 4.85. The zero-order valence-corrected chi connectivity index (χ0v) is 15.0. The van der Waals surface area contributed by atoms with Crippen LogP contribution < -0.4 is 5.32 Å². The van der Waals surface area contributed by atoms with Crippen LogP contribution in [0.25, 0.3) is 10.7 Å². The number of thiophene rings is 1. The summed E-state index contributed by atoms with van der Waals surface area (Å²) in [7, 11) is 0. The van der Waals surface area contributed by atoms with E-state index in [2.05, 4.69) is 25.4 Å². The molecule has 2 fully saturated rings. The van der Waals surface area contributed by atoms with E-state index in [9.17, 15) is 4.79 Å². The molecule has 0 unspecified atom stereocenters. The molecule has 8 heteroatoms. The Labute approximate surface area is 149 Å². The van der Waals surface area contributed by atoms with Crippen LogP contribution in [0.3, 0.4) is 0 Å². The molecule has 1 saturated heterocycles. The van der Waals surface area contributed by atoms with E-state index in [0.29, 0.717) is 17.0 Å². The van der Waals surface area contributed by atoms with E-state index >= 15 is 0 Å². The molecule has 1 aliphatic heterocycles. The van der Waals surface area contributed by atoms with Crippen LogP contribution in [0.15, 0.2) is 22.7 Å². The van der Waals surface area contributed by atoms with Gasteiger partial charge in [-0.15, -0.1) is 16.4 Å². The van der Waals surface area contributed by atoms with Crippen LogP contribution in [0.1, 0.15) is 25.7 Å². The fraction of sp³-hybridized carbons (Fsp3) is 0.562. The Hall–Kier alpha value is -1.38. The molecule has 2 N–H and O–H groups in total. The minimum atomic E-state index is 0.0762. The highest BCUT2D eigenvalue weighted by molar-refractivity contribution is 7.99.